The lowest BCUT2D eigenvalue weighted by Gasteiger charge is -2.32. The molecule has 0 atom stereocenters. The van der Waals surface area contributed by atoms with Gasteiger partial charge in [0.1, 0.15) is 23.0 Å². The van der Waals surface area contributed by atoms with Crippen molar-refractivity contribution in [2.45, 2.75) is 224 Å². The Kier molecular flexibility index (Phi) is 21.1. The van der Waals surface area contributed by atoms with Gasteiger partial charge in [-0.05, 0) is 212 Å². The largest absolute Gasteiger partial charge is 0.507 e. The fourth-order valence-corrected chi connectivity index (χ4v) is 13.3. The van der Waals surface area contributed by atoms with Crippen LogP contribution in [0.5, 0.6) is 23.0 Å². The summed E-state index contributed by atoms with van der Waals surface area (Å²) in [6.07, 6.45) is 15.3. The number of rotatable bonds is 10. The lowest BCUT2D eigenvalue weighted by atomic mass is 9.71. The minimum atomic E-state index is -1.18. The number of carboxylic acid groups (broad SMARTS) is 2. The molecule has 0 spiro atoms. The van der Waals surface area contributed by atoms with E-state index < -0.39 is 22.8 Å². The summed E-state index contributed by atoms with van der Waals surface area (Å²) in [7, 11) is 0. The van der Waals surface area contributed by atoms with E-state index >= 15 is 0 Å². The average molecular weight is 1270 g/mol. The molecule has 0 aliphatic heterocycles. The van der Waals surface area contributed by atoms with Gasteiger partial charge in [0.15, 0.2) is 0 Å². The Morgan fingerprint density at radius 3 is 0.989 bits per heavy atom. The molecule has 94 heavy (non-hydrogen) atoms. The Hall–Kier alpha value is -8.36. The maximum Gasteiger partial charge on any atom is 0.336 e. The lowest BCUT2D eigenvalue weighted by molar-refractivity contribution is 0.0682. The summed E-state index contributed by atoms with van der Waals surface area (Å²) in [6, 6.07) is 27.5. The Morgan fingerprint density at radius 2 is 0.670 bits per heavy atom. The zero-order chi connectivity index (χ0) is 70.4. The third-order valence-corrected chi connectivity index (χ3v) is 18.0. The number of benzene rings is 7. The van der Waals surface area contributed by atoms with E-state index in [9.17, 15) is 40.2 Å². The molecule has 0 saturated carbocycles. The average Bonchev–Trinajstić information content (AvgIpc) is 0.767. The molecule has 0 amide bonds. The van der Waals surface area contributed by atoms with Crippen LogP contribution in [-0.2, 0) is 45.3 Å². The molecule has 0 saturated heterocycles. The molecule has 0 unspecified atom stereocenters. The first-order valence-electron chi connectivity index (χ1n) is 33.2. The molecule has 8 heteroatoms. The van der Waals surface area contributed by atoms with Gasteiger partial charge >= 0.3 is 11.9 Å². The second kappa shape index (κ2) is 27.2. The molecular weight excluding hydrogens is 1160 g/mol. The third kappa shape index (κ3) is 16.2. The smallest absolute Gasteiger partial charge is 0.336 e. The van der Waals surface area contributed by atoms with Crippen LogP contribution in [0.2, 0.25) is 0 Å². The summed E-state index contributed by atoms with van der Waals surface area (Å²) in [5.41, 5.74) is 18.6. The summed E-state index contributed by atoms with van der Waals surface area (Å²) in [5, 5.41) is 67.4. The van der Waals surface area contributed by atoms with E-state index in [0.717, 1.165) is 102 Å². The van der Waals surface area contributed by atoms with E-state index in [0.29, 0.717) is 44.9 Å². The molecule has 498 valence electrons. The van der Waals surface area contributed by atoms with Crippen LogP contribution in [0.25, 0.3) is 33.4 Å². The number of carboxylic acids is 2. The number of phenols is 4. The van der Waals surface area contributed by atoms with Crippen LogP contribution in [0, 0.1) is 41.5 Å². The number of hydrogen-bond donors (Lipinski definition) is 6. The Balaban J connectivity index is 0.000000302. The highest BCUT2D eigenvalue weighted by Crippen LogP contribution is 2.51. The van der Waals surface area contributed by atoms with Gasteiger partial charge in [-0.25, -0.2) is 9.59 Å². The number of hydrogen-bond acceptors (Lipinski definition) is 6. The summed E-state index contributed by atoms with van der Waals surface area (Å²) < 4.78 is 0. The van der Waals surface area contributed by atoms with E-state index in [1.54, 1.807) is 0 Å². The zero-order valence-electron chi connectivity index (χ0n) is 60.9. The van der Waals surface area contributed by atoms with Crippen molar-refractivity contribution >= 4 is 23.1 Å². The second-order valence-corrected chi connectivity index (χ2v) is 32.7. The highest BCUT2D eigenvalue weighted by Gasteiger charge is 2.35. The van der Waals surface area contributed by atoms with Crippen molar-refractivity contribution in [1.82, 2.24) is 0 Å². The molecule has 0 fully saturated rings. The topological polar surface area (TPSA) is 156 Å². The Bertz CT molecular complexity index is 4040. The lowest BCUT2D eigenvalue weighted by Crippen LogP contribution is -2.19. The molecule has 7 aromatic rings. The van der Waals surface area contributed by atoms with Crippen molar-refractivity contribution in [2.75, 3.05) is 0 Å². The zero-order valence-corrected chi connectivity index (χ0v) is 60.9. The highest BCUT2D eigenvalue weighted by atomic mass is 16.4. The van der Waals surface area contributed by atoms with Crippen molar-refractivity contribution in [3.8, 4) is 45.3 Å². The van der Waals surface area contributed by atoms with Crippen LogP contribution in [0.4, 0.5) is 0 Å². The predicted octanol–water partition coefficient (Wildman–Crippen LogP) is 22.1. The van der Waals surface area contributed by atoms with Crippen molar-refractivity contribution in [3.63, 3.8) is 0 Å². The summed E-state index contributed by atoms with van der Waals surface area (Å²) in [5.74, 6) is -1.19. The van der Waals surface area contributed by atoms with E-state index in [2.05, 4.69) is 197 Å². The normalized spacial score (nSPS) is 13.5. The standard InChI is InChI=1S/C54H66O6.C27H34O2.C5H6/c1-29-19-33(27-35-21-31(3)25-41(47(35)55)53(11,12)13)43(39(23-29)51(5,6)7)45-37(49(57)58)17-18-38(50(59)60)46(45)44-34(20-30(2)24-40(44)52(8,9)10)28-36-22-32(4)26-42(48(36)56)54(14,15)16;1-16-12-18(14-22(24(16)28)26(3,4)5)20-10-9-11-21(20)19-13-17(2)25(29)23(15-19)27(6,7)8;1-2-4-5-3-1/h17-26,55-56H,27-28H2,1-16H3,(H,57,58)(H,59,60);9-10,12-15,28-29H,11H2,1-8H3;1-4H,5H2. The van der Waals surface area contributed by atoms with Crippen LogP contribution >= 0.6 is 0 Å². The number of aromatic carboxylic acids is 2. The summed E-state index contributed by atoms with van der Waals surface area (Å²) in [6.45, 7) is 49.7. The maximum atomic E-state index is 13.7. The first-order chi connectivity index (χ1) is 43.2. The molecule has 0 bridgehead atoms. The fraction of sp³-hybridized carbons (Fsp3) is 0.395. The van der Waals surface area contributed by atoms with Gasteiger partial charge in [0.05, 0.1) is 11.1 Å². The molecular formula is C86H106O8. The molecule has 0 radical (unpaired) electrons. The first kappa shape index (κ1) is 73.1. The van der Waals surface area contributed by atoms with Gasteiger partial charge in [0, 0.05) is 35.1 Å². The molecule has 0 heterocycles. The summed E-state index contributed by atoms with van der Waals surface area (Å²) >= 11 is 0. The molecule has 2 aliphatic carbocycles. The predicted molar refractivity (Wildman–Crippen MR) is 393 cm³/mol. The summed E-state index contributed by atoms with van der Waals surface area (Å²) in [4.78, 5) is 27.4. The van der Waals surface area contributed by atoms with E-state index in [4.69, 9.17) is 0 Å². The SMILES string of the molecule is C1=CCC=C1.Cc1cc(C2=C(c3cc(C)c(O)c(C(C)(C)C)c3)CC=C2)cc(C(C)(C)C)c1O.Cc1cc(Cc2cc(C)cc(C(C)(C)C)c2-c2c(C(=O)O)ccc(C(=O)O)c2-c2c(Cc3cc(C)cc(C(C)(C)C)c3O)cc(C)cc2C(C)(C)C)c(O)c(C(C)(C)C)c1. The minimum Gasteiger partial charge on any atom is -0.507 e. The highest BCUT2D eigenvalue weighted by molar-refractivity contribution is 6.10. The van der Waals surface area contributed by atoms with Crippen LogP contribution in [0.3, 0.4) is 0 Å². The molecule has 2 aliphatic rings. The van der Waals surface area contributed by atoms with Crippen LogP contribution in [-0.4, -0.2) is 42.6 Å². The van der Waals surface area contributed by atoms with Crippen molar-refractivity contribution in [1.29, 1.82) is 0 Å². The molecule has 9 rings (SSSR count). The van der Waals surface area contributed by atoms with Crippen molar-refractivity contribution in [3.05, 3.63) is 233 Å². The van der Waals surface area contributed by atoms with Gasteiger partial charge < -0.3 is 30.6 Å². The quantitative estimate of drug-likeness (QED) is 0.0791. The molecule has 8 nitrogen and oxygen atoms in total. The van der Waals surface area contributed by atoms with Crippen LogP contribution in [0.15, 0.2) is 121 Å². The van der Waals surface area contributed by atoms with Crippen molar-refractivity contribution in [2.24, 2.45) is 0 Å². The Labute approximate surface area is 562 Å². The van der Waals surface area contributed by atoms with Gasteiger partial charge in [-0.15, -0.1) is 0 Å². The molecule has 6 N–H and O–H groups in total. The Morgan fingerprint density at radius 1 is 0.362 bits per heavy atom. The van der Waals surface area contributed by atoms with E-state index in [1.807, 2.05) is 77.9 Å². The third-order valence-electron chi connectivity index (χ3n) is 18.0. The molecule has 7 aromatic carbocycles. The van der Waals surface area contributed by atoms with Gasteiger partial charge in [-0.2, -0.15) is 0 Å². The van der Waals surface area contributed by atoms with Gasteiger partial charge in [0.2, 0.25) is 0 Å². The fourth-order valence-electron chi connectivity index (χ4n) is 13.3. The number of allylic oxidation sites excluding steroid dienone is 8. The van der Waals surface area contributed by atoms with Gasteiger partial charge in [-0.3, -0.25) is 0 Å². The van der Waals surface area contributed by atoms with Crippen LogP contribution in [0.1, 0.15) is 258 Å². The minimum absolute atomic E-state index is 0.0192. The number of carbonyl (C=O) groups is 2. The molecule has 0 aromatic heterocycles. The monoisotopic (exact) mass is 1270 g/mol. The number of phenolic OH excluding ortho intramolecular Hbond substituents is 4. The van der Waals surface area contributed by atoms with Gasteiger partial charge in [0.25, 0.3) is 0 Å². The number of aryl methyl sites for hydroxylation is 6. The van der Waals surface area contributed by atoms with E-state index in [1.165, 1.54) is 23.3 Å². The second-order valence-electron chi connectivity index (χ2n) is 32.7. The van der Waals surface area contributed by atoms with Crippen LogP contribution < -0.4 is 0 Å². The van der Waals surface area contributed by atoms with Crippen molar-refractivity contribution < 1.29 is 40.2 Å². The van der Waals surface area contributed by atoms with E-state index in [-0.39, 0.29) is 57.1 Å². The maximum absolute atomic E-state index is 13.7. The van der Waals surface area contributed by atoms with Gasteiger partial charge in [-0.1, -0.05) is 232 Å². The number of aromatic hydroxyl groups is 4. The first-order valence-corrected chi connectivity index (χ1v) is 33.2.